The zero-order valence-electron chi connectivity index (χ0n) is 16.5. The van der Waals surface area contributed by atoms with Gasteiger partial charge < -0.3 is 4.90 Å². The highest BCUT2D eigenvalue weighted by molar-refractivity contribution is 7.92. The normalized spacial score (nSPS) is 11.3. The van der Waals surface area contributed by atoms with Crippen molar-refractivity contribution in [1.29, 1.82) is 0 Å². The summed E-state index contributed by atoms with van der Waals surface area (Å²) in [5.41, 5.74) is 2.04. The third kappa shape index (κ3) is 4.89. The van der Waals surface area contributed by atoms with E-state index in [9.17, 15) is 13.2 Å². The Morgan fingerprint density at radius 3 is 2.11 bits per heavy atom. The van der Waals surface area contributed by atoms with Crippen molar-refractivity contribution in [3.8, 4) is 0 Å². The van der Waals surface area contributed by atoms with Gasteiger partial charge in [0.25, 0.3) is 15.9 Å². The number of hydrogen-bond donors (Lipinski definition) is 0. The van der Waals surface area contributed by atoms with Crippen LogP contribution in [0.4, 0.5) is 5.69 Å². The average molecular weight is 389 g/mol. The summed E-state index contributed by atoms with van der Waals surface area (Å²) < 4.78 is 27.3. The number of amides is 1. The maximum atomic E-state index is 13.0. The Bertz CT molecular complexity index is 871. The number of carbonyl (C=O) groups is 1. The van der Waals surface area contributed by atoms with Gasteiger partial charge in [0.1, 0.15) is 0 Å². The number of aryl methyl sites for hydroxylation is 1. The number of anilines is 1. The molecule has 2 rings (SSSR count). The molecule has 0 aliphatic carbocycles. The minimum absolute atomic E-state index is 0.115. The summed E-state index contributed by atoms with van der Waals surface area (Å²) in [5, 5.41) is 0. The SMILES string of the molecule is CCCN(CCC)C(=O)c1cccc(S(=O)(=O)N(C)c2ccc(C)cc2)c1. The van der Waals surface area contributed by atoms with E-state index in [1.54, 1.807) is 29.2 Å². The largest absolute Gasteiger partial charge is 0.339 e. The summed E-state index contributed by atoms with van der Waals surface area (Å²) in [4.78, 5) is 14.7. The predicted octanol–water partition coefficient (Wildman–Crippen LogP) is 4.08. The van der Waals surface area contributed by atoms with Crippen molar-refractivity contribution in [3.05, 3.63) is 59.7 Å². The first-order valence-electron chi connectivity index (χ1n) is 9.26. The molecule has 0 N–H and O–H groups in total. The lowest BCUT2D eigenvalue weighted by Crippen LogP contribution is -2.33. The second-order valence-corrected chi connectivity index (χ2v) is 8.60. The van der Waals surface area contributed by atoms with E-state index in [2.05, 4.69) is 0 Å². The zero-order chi connectivity index (χ0) is 20.0. The van der Waals surface area contributed by atoms with Crippen molar-refractivity contribution in [3.63, 3.8) is 0 Å². The molecule has 5 nitrogen and oxygen atoms in total. The molecule has 0 bridgehead atoms. The van der Waals surface area contributed by atoms with Crippen molar-refractivity contribution in [2.75, 3.05) is 24.4 Å². The summed E-state index contributed by atoms with van der Waals surface area (Å²) in [7, 11) is -2.23. The Labute approximate surface area is 162 Å². The molecule has 0 unspecified atom stereocenters. The molecule has 0 aromatic heterocycles. The molecule has 6 heteroatoms. The van der Waals surface area contributed by atoms with Gasteiger partial charge in [0.15, 0.2) is 0 Å². The van der Waals surface area contributed by atoms with E-state index < -0.39 is 10.0 Å². The molecule has 2 aromatic carbocycles. The fourth-order valence-corrected chi connectivity index (χ4v) is 4.12. The van der Waals surface area contributed by atoms with Crippen LogP contribution in [0.25, 0.3) is 0 Å². The predicted molar refractivity (Wildman–Crippen MR) is 110 cm³/mol. The molecular formula is C21H28N2O3S. The zero-order valence-corrected chi connectivity index (χ0v) is 17.3. The van der Waals surface area contributed by atoms with Gasteiger partial charge in [0.05, 0.1) is 10.6 Å². The van der Waals surface area contributed by atoms with Crippen LogP contribution in [-0.4, -0.2) is 39.4 Å². The maximum Gasteiger partial charge on any atom is 0.264 e. The van der Waals surface area contributed by atoms with Crippen molar-refractivity contribution in [2.24, 2.45) is 0 Å². The van der Waals surface area contributed by atoms with Gasteiger partial charge in [-0.25, -0.2) is 8.42 Å². The Kier molecular flexibility index (Phi) is 7.02. The van der Waals surface area contributed by atoms with Gasteiger partial charge in [-0.2, -0.15) is 0 Å². The number of carbonyl (C=O) groups excluding carboxylic acids is 1. The number of sulfonamides is 1. The minimum Gasteiger partial charge on any atom is -0.339 e. The lowest BCUT2D eigenvalue weighted by atomic mass is 10.2. The molecule has 27 heavy (non-hydrogen) atoms. The molecule has 0 aliphatic heterocycles. The molecule has 0 aliphatic rings. The summed E-state index contributed by atoms with van der Waals surface area (Å²) in [5.74, 6) is -0.131. The van der Waals surface area contributed by atoms with Gasteiger partial charge >= 0.3 is 0 Å². The van der Waals surface area contributed by atoms with Gasteiger partial charge in [-0.05, 0) is 50.1 Å². The second kappa shape index (κ2) is 9.04. The molecule has 2 aromatic rings. The quantitative estimate of drug-likeness (QED) is 0.685. The number of nitrogens with zero attached hydrogens (tertiary/aromatic N) is 2. The van der Waals surface area contributed by atoms with Crippen LogP contribution in [0.3, 0.4) is 0 Å². The summed E-state index contributed by atoms with van der Waals surface area (Å²) in [6, 6.07) is 13.6. The molecule has 0 saturated heterocycles. The molecule has 0 fully saturated rings. The molecule has 1 amide bonds. The fraction of sp³-hybridized carbons (Fsp3) is 0.381. The first kappa shape index (κ1) is 21.0. The van der Waals surface area contributed by atoms with Gasteiger partial charge in [-0.3, -0.25) is 9.10 Å². The van der Waals surface area contributed by atoms with Crippen LogP contribution < -0.4 is 4.31 Å². The van der Waals surface area contributed by atoms with Crippen LogP contribution in [0.1, 0.15) is 42.6 Å². The highest BCUT2D eigenvalue weighted by Crippen LogP contribution is 2.23. The van der Waals surface area contributed by atoms with Crippen LogP contribution in [0.2, 0.25) is 0 Å². The summed E-state index contributed by atoms with van der Waals surface area (Å²) >= 11 is 0. The number of benzene rings is 2. The van der Waals surface area contributed by atoms with Crippen molar-refractivity contribution in [2.45, 2.75) is 38.5 Å². The summed E-state index contributed by atoms with van der Waals surface area (Å²) in [6.45, 7) is 7.31. The smallest absolute Gasteiger partial charge is 0.264 e. The van der Waals surface area contributed by atoms with Crippen molar-refractivity contribution in [1.82, 2.24) is 4.90 Å². The van der Waals surface area contributed by atoms with E-state index >= 15 is 0 Å². The van der Waals surface area contributed by atoms with E-state index in [1.165, 1.54) is 23.5 Å². The van der Waals surface area contributed by atoms with Gasteiger partial charge in [-0.15, -0.1) is 0 Å². The van der Waals surface area contributed by atoms with E-state index in [1.807, 2.05) is 32.9 Å². The Balaban J connectivity index is 2.34. The van der Waals surface area contributed by atoms with E-state index in [0.717, 1.165) is 18.4 Å². The van der Waals surface area contributed by atoms with Crippen LogP contribution >= 0.6 is 0 Å². The fourth-order valence-electron chi connectivity index (χ4n) is 2.88. The molecule has 146 valence electrons. The molecule has 0 spiro atoms. The first-order valence-corrected chi connectivity index (χ1v) is 10.7. The Morgan fingerprint density at radius 2 is 1.56 bits per heavy atom. The summed E-state index contributed by atoms with van der Waals surface area (Å²) in [6.07, 6.45) is 1.72. The third-order valence-electron chi connectivity index (χ3n) is 4.41. The molecule has 0 radical (unpaired) electrons. The van der Waals surface area contributed by atoms with Gasteiger partial charge in [-0.1, -0.05) is 37.6 Å². The monoisotopic (exact) mass is 388 g/mol. The van der Waals surface area contributed by atoms with Gasteiger partial charge in [0, 0.05) is 25.7 Å². The topological polar surface area (TPSA) is 57.7 Å². The van der Waals surface area contributed by atoms with Crippen LogP contribution in [0, 0.1) is 6.92 Å². The van der Waals surface area contributed by atoms with E-state index in [4.69, 9.17) is 0 Å². The third-order valence-corrected chi connectivity index (χ3v) is 6.19. The molecule has 0 atom stereocenters. The Morgan fingerprint density at radius 1 is 0.963 bits per heavy atom. The lowest BCUT2D eigenvalue weighted by molar-refractivity contribution is 0.0755. The van der Waals surface area contributed by atoms with Crippen LogP contribution in [0.5, 0.6) is 0 Å². The first-order chi connectivity index (χ1) is 12.8. The highest BCUT2D eigenvalue weighted by atomic mass is 32.2. The van der Waals surface area contributed by atoms with Gasteiger partial charge in [0.2, 0.25) is 0 Å². The van der Waals surface area contributed by atoms with Crippen molar-refractivity contribution >= 4 is 21.6 Å². The van der Waals surface area contributed by atoms with Crippen LogP contribution in [-0.2, 0) is 10.0 Å². The molecular weight excluding hydrogens is 360 g/mol. The maximum absolute atomic E-state index is 13.0. The standard InChI is InChI=1S/C21H28N2O3S/c1-5-14-23(15-6-2)21(24)18-8-7-9-20(16-18)27(25,26)22(4)19-12-10-17(3)11-13-19/h7-13,16H,5-6,14-15H2,1-4H3. The average Bonchev–Trinajstić information content (AvgIpc) is 2.67. The number of hydrogen-bond acceptors (Lipinski definition) is 3. The minimum atomic E-state index is -3.75. The molecule has 0 heterocycles. The van der Waals surface area contributed by atoms with Crippen LogP contribution in [0.15, 0.2) is 53.4 Å². The highest BCUT2D eigenvalue weighted by Gasteiger charge is 2.23. The molecule has 0 saturated carbocycles. The van der Waals surface area contributed by atoms with Crippen molar-refractivity contribution < 1.29 is 13.2 Å². The number of rotatable bonds is 8. The Hall–Kier alpha value is -2.34. The second-order valence-electron chi connectivity index (χ2n) is 6.63. The van der Waals surface area contributed by atoms with E-state index in [0.29, 0.717) is 24.3 Å². The lowest BCUT2D eigenvalue weighted by Gasteiger charge is -2.23. The van der Waals surface area contributed by atoms with E-state index in [-0.39, 0.29) is 10.8 Å².